The van der Waals surface area contributed by atoms with Crippen LogP contribution in [0.25, 0.3) is 0 Å². The quantitative estimate of drug-likeness (QED) is 0.661. The SMILES string of the molecule is C=C1CC(C(C)CC)C(C)N1CCC. The summed E-state index contributed by atoms with van der Waals surface area (Å²) in [5.41, 5.74) is 1.37. The highest BCUT2D eigenvalue weighted by molar-refractivity contribution is 5.07. The fraction of sp³-hybridized carbons (Fsp3) is 0.846. The van der Waals surface area contributed by atoms with Crippen molar-refractivity contribution in [3.8, 4) is 0 Å². The third kappa shape index (κ3) is 2.13. The van der Waals surface area contributed by atoms with Crippen molar-refractivity contribution < 1.29 is 0 Å². The van der Waals surface area contributed by atoms with Gasteiger partial charge in [0.05, 0.1) is 0 Å². The van der Waals surface area contributed by atoms with Crippen molar-refractivity contribution in [1.82, 2.24) is 4.90 Å². The van der Waals surface area contributed by atoms with E-state index in [4.69, 9.17) is 0 Å². The molecule has 0 saturated carbocycles. The molecule has 0 amide bonds. The molecule has 0 aromatic carbocycles. The molecule has 1 aliphatic heterocycles. The summed E-state index contributed by atoms with van der Waals surface area (Å²) in [5, 5.41) is 0. The predicted octanol–water partition coefficient (Wildman–Crippen LogP) is 3.67. The second-order valence-corrected chi connectivity index (χ2v) is 4.75. The van der Waals surface area contributed by atoms with Crippen molar-refractivity contribution in [1.29, 1.82) is 0 Å². The molecule has 3 atom stereocenters. The molecule has 0 aromatic rings. The van der Waals surface area contributed by atoms with Crippen LogP contribution in [0.1, 0.15) is 47.0 Å². The predicted molar refractivity (Wildman–Crippen MR) is 63.2 cm³/mol. The molecule has 0 spiro atoms. The number of nitrogens with zero attached hydrogens (tertiary/aromatic N) is 1. The molecule has 1 saturated heterocycles. The normalized spacial score (nSPS) is 29.7. The lowest BCUT2D eigenvalue weighted by Gasteiger charge is -2.28. The first-order valence-corrected chi connectivity index (χ1v) is 6.06. The van der Waals surface area contributed by atoms with Crippen LogP contribution < -0.4 is 0 Å². The van der Waals surface area contributed by atoms with E-state index >= 15 is 0 Å². The zero-order chi connectivity index (χ0) is 10.7. The third-order valence-corrected chi connectivity index (χ3v) is 3.83. The van der Waals surface area contributed by atoms with E-state index in [1.165, 1.54) is 31.5 Å². The van der Waals surface area contributed by atoms with Gasteiger partial charge in [-0.15, -0.1) is 0 Å². The number of hydrogen-bond donors (Lipinski definition) is 0. The second-order valence-electron chi connectivity index (χ2n) is 4.75. The monoisotopic (exact) mass is 195 g/mol. The number of rotatable bonds is 4. The topological polar surface area (TPSA) is 3.24 Å². The van der Waals surface area contributed by atoms with Crippen molar-refractivity contribution in [3.05, 3.63) is 12.3 Å². The average molecular weight is 195 g/mol. The largest absolute Gasteiger partial charge is 0.372 e. The van der Waals surface area contributed by atoms with Crippen LogP contribution in [0.3, 0.4) is 0 Å². The van der Waals surface area contributed by atoms with E-state index < -0.39 is 0 Å². The van der Waals surface area contributed by atoms with E-state index in [0.717, 1.165) is 11.8 Å². The van der Waals surface area contributed by atoms with Gasteiger partial charge < -0.3 is 4.90 Å². The molecular weight excluding hydrogens is 170 g/mol. The zero-order valence-electron chi connectivity index (χ0n) is 10.2. The zero-order valence-corrected chi connectivity index (χ0v) is 10.2. The van der Waals surface area contributed by atoms with Gasteiger partial charge in [-0.3, -0.25) is 0 Å². The molecule has 14 heavy (non-hydrogen) atoms. The van der Waals surface area contributed by atoms with Crippen LogP contribution >= 0.6 is 0 Å². The Morgan fingerprint density at radius 2 is 2.14 bits per heavy atom. The van der Waals surface area contributed by atoms with Crippen molar-refractivity contribution >= 4 is 0 Å². The third-order valence-electron chi connectivity index (χ3n) is 3.83. The van der Waals surface area contributed by atoms with Crippen LogP contribution in [-0.4, -0.2) is 17.5 Å². The van der Waals surface area contributed by atoms with E-state index in [2.05, 4.69) is 39.2 Å². The Labute approximate surface area is 89.2 Å². The number of allylic oxidation sites excluding steroid dienone is 1. The highest BCUT2D eigenvalue weighted by Gasteiger charge is 2.34. The van der Waals surface area contributed by atoms with E-state index in [1.54, 1.807) is 0 Å². The molecule has 0 aliphatic carbocycles. The van der Waals surface area contributed by atoms with Gasteiger partial charge in [0, 0.05) is 18.3 Å². The van der Waals surface area contributed by atoms with Gasteiger partial charge in [0.15, 0.2) is 0 Å². The maximum absolute atomic E-state index is 4.20. The van der Waals surface area contributed by atoms with Gasteiger partial charge in [0.25, 0.3) is 0 Å². The average Bonchev–Trinajstić information content (AvgIpc) is 2.45. The molecule has 0 radical (unpaired) electrons. The Hall–Kier alpha value is -0.460. The minimum absolute atomic E-state index is 0.706. The van der Waals surface area contributed by atoms with Crippen molar-refractivity contribution in [2.45, 2.75) is 53.0 Å². The Balaban J connectivity index is 2.63. The summed E-state index contributed by atoms with van der Waals surface area (Å²) in [5.74, 6) is 1.67. The lowest BCUT2D eigenvalue weighted by molar-refractivity contribution is 0.225. The molecule has 3 unspecified atom stereocenters. The molecular formula is C13H25N. The van der Waals surface area contributed by atoms with Gasteiger partial charge in [-0.05, 0) is 31.6 Å². The summed E-state index contributed by atoms with van der Waals surface area (Å²) in [6.07, 6.45) is 3.75. The molecule has 1 heteroatoms. The van der Waals surface area contributed by atoms with Crippen molar-refractivity contribution in [2.24, 2.45) is 11.8 Å². The maximum atomic E-state index is 4.20. The van der Waals surface area contributed by atoms with Crippen molar-refractivity contribution in [3.63, 3.8) is 0 Å². The van der Waals surface area contributed by atoms with Gasteiger partial charge in [-0.25, -0.2) is 0 Å². The first-order chi connectivity index (χ1) is 6.61. The summed E-state index contributed by atoms with van der Waals surface area (Å²) < 4.78 is 0. The smallest absolute Gasteiger partial charge is 0.0292 e. The van der Waals surface area contributed by atoms with E-state index in [0.29, 0.717) is 6.04 Å². The fourth-order valence-corrected chi connectivity index (χ4v) is 2.66. The highest BCUT2D eigenvalue weighted by Crippen LogP contribution is 2.37. The Kier molecular flexibility index (Phi) is 4.03. The molecule has 82 valence electrons. The van der Waals surface area contributed by atoms with Gasteiger partial charge >= 0.3 is 0 Å². The summed E-state index contributed by atoms with van der Waals surface area (Å²) in [4.78, 5) is 2.51. The summed E-state index contributed by atoms with van der Waals surface area (Å²) in [6.45, 7) is 14.7. The van der Waals surface area contributed by atoms with Crippen LogP contribution in [0.2, 0.25) is 0 Å². The minimum atomic E-state index is 0.706. The second kappa shape index (κ2) is 4.86. The molecule has 1 rings (SSSR count). The number of hydrogen-bond acceptors (Lipinski definition) is 1. The molecule has 0 N–H and O–H groups in total. The van der Waals surface area contributed by atoms with E-state index in [-0.39, 0.29) is 0 Å². The summed E-state index contributed by atoms with van der Waals surface area (Å²) in [7, 11) is 0. The van der Waals surface area contributed by atoms with E-state index in [9.17, 15) is 0 Å². The maximum Gasteiger partial charge on any atom is 0.0292 e. The van der Waals surface area contributed by atoms with E-state index in [1.807, 2.05) is 0 Å². The van der Waals surface area contributed by atoms with Crippen LogP contribution in [-0.2, 0) is 0 Å². The minimum Gasteiger partial charge on any atom is -0.372 e. The first-order valence-electron chi connectivity index (χ1n) is 6.06. The molecule has 1 fully saturated rings. The standard InChI is InChI=1S/C13H25N/c1-6-8-14-11(4)9-13(12(14)5)10(3)7-2/h10,12-13H,4,6-9H2,1-3,5H3. The highest BCUT2D eigenvalue weighted by atomic mass is 15.2. The molecule has 1 nitrogen and oxygen atoms in total. The van der Waals surface area contributed by atoms with Crippen LogP contribution in [0, 0.1) is 11.8 Å². The number of likely N-dealkylation sites (tertiary alicyclic amines) is 1. The Morgan fingerprint density at radius 3 is 2.64 bits per heavy atom. The Bertz CT molecular complexity index is 197. The lowest BCUT2D eigenvalue weighted by atomic mass is 9.86. The molecule has 1 aliphatic rings. The van der Waals surface area contributed by atoms with Gasteiger partial charge in [-0.2, -0.15) is 0 Å². The fourth-order valence-electron chi connectivity index (χ4n) is 2.66. The first kappa shape index (κ1) is 11.6. The molecule has 0 aromatic heterocycles. The van der Waals surface area contributed by atoms with Gasteiger partial charge in [0.2, 0.25) is 0 Å². The molecule has 0 bridgehead atoms. The van der Waals surface area contributed by atoms with Crippen LogP contribution in [0.4, 0.5) is 0 Å². The Morgan fingerprint density at radius 1 is 1.50 bits per heavy atom. The van der Waals surface area contributed by atoms with Gasteiger partial charge in [0.1, 0.15) is 0 Å². The summed E-state index contributed by atoms with van der Waals surface area (Å²) >= 11 is 0. The van der Waals surface area contributed by atoms with Gasteiger partial charge in [-0.1, -0.05) is 33.8 Å². The molecule has 1 heterocycles. The van der Waals surface area contributed by atoms with Crippen LogP contribution in [0.15, 0.2) is 12.3 Å². The van der Waals surface area contributed by atoms with Crippen molar-refractivity contribution in [2.75, 3.05) is 6.54 Å². The summed E-state index contributed by atoms with van der Waals surface area (Å²) in [6, 6.07) is 0.706. The van der Waals surface area contributed by atoms with Crippen LogP contribution in [0.5, 0.6) is 0 Å². The lowest BCUT2D eigenvalue weighted by Crippen LogP contribution is -2.31.